The van der Waals surface area contributed by atoms with Gasteiger partial charge in [0.05, 0.1) is 39.3 Å². The van der Waals surface area contributed by atoms with Gasteiger partial charge in [-0.25, -0.2) is 0 Å². The molecule has 0 radical (unpaired) electrons. The van der Waals surface area contributed by atoms with E-state index in [0.29, 0.717) is 22.0 Å². The zero-order chi connectivity index (χ0) is 23.1. The van der Waals surface area contributed by atoms with Crippen LogP contribution in [0.15, 0.2) is 70.5 Å². The molecule has 0 spiro atoms. The van der Waals surface area contributed by atoms with E-state index in [0.717, 1.165) is 21.2 Å². The van der Waals surface area contributed by atoms with E-state index >= 15 is 0 Å². The molecule has 5 rings (SSSR count). The summed E-state index contributed by atoms with van der Waals surface area (Å²) < 4.78 is 0. The number of anilines is 3. The fourth-order valence-corrected chi connectivity index (χ4v) is 5.36. The van der Waals surface area contributed by atoms with Crippen LogP contribution < -0.4 is 4.90 Å². The molecule has 0 saturated carbocycles. The lowest BCUT2D eigenvalue weighted by atomic mass is 9.90. The molecule has 4 aromatic rings. The van der Waals surface area contributed by atoms with E-state index in [1.54, 1.807) is 30.8 Å². The molecule has 0 unspecified atom stereocenters. The van der Waals surface area contributed by atoms with Crippen LogP contribution in [0.2, 0.25) is 0 Å². The summed E-state index contributed by atoms with van der Waals surface area (Å²) >= 11 is 1.64. The maximum absolute atomic E-state index is 10.2. The highest BCUT2D eigenvalue weighted by molar-refractivity contribution is 7.99. The van der Waals surface area contributed by atoms with Gasteiger partial charge in [0, 0.05) is 15.2 Å². The number of benzene rings is 4. The van der Waals surface area contributed by atoms with Gasteiger partial charge in [-0.3, -0.25) is 0 Å². The second kappa shape index (κ2) is 7.74. The number of nitrogens with zero attached hydrogens (tertiary/aromatic N) is 5. The van der Waals surface area contributed by atoms with Crippen LogP contribution in [0.1, 0.15) is 27.8 Å². The lowest BCUT2D eigenvalue weighted by molar-refractivity contribution is 1.17. The summed E-state index contributed by atoms with van der Waals surface area (Å²) in [6.45, 7) is 1.77. The summed E-state index contributed by atoms with van der Waals surface area (Å²) in [6.07, 6.45) is 0. The molecule has 5 nitrogen and oxygen atoms in total. The van der Waals surface area contributed by atoms with Gasteiger partial charge in [0.15, 0.2) is 0 Å². The first kappa shape index (κ1) is 20.2. The summed E-state index contributed by atoms with van der Waals surface area (Å²) in [5.41, 5.74) is 3.89. The molecule has 1 aliphatic rings. The van der Waals surface area contributed by atoms with E-state index in [1.165, 1.54) is 0 Å². The minimum Gasteiger partial charge on any atom is -0.306 e. The van der Waals surface area contributed by atoms with Crippen LogP contribution in [0, 0.1) is 52.2 Å². The number of hydrogen-bond acceptors (Lipinski definition) is 6. The quantitative estimate of drug-likeness (QED) is 0.293. The van der Waals surface area contributed by atoms with Crippen molar-refractivity contribution in [2.45, 2.75) is 16.7 Å². The predicted molar refractivity (Wildman–Crippen MR) is 126 cm³/mol. The monoisotopic (exact) mass is 439 g/mol. The molecule has 0 fully saturated rings. The first-order valence-electron chi connectivity index (χ1n) is 10.0. The predicted octanol–water partition coefficient (Wildman–Crippen LogP) is 6.57. The largest absolute Gasteiger partial charge is 0.306 e. The van der Waals surface area contributed by atoms with Crippen molar-refractivity contribution in [3.63, 3.8) is 0 Å². The molecule has 0 amide bonds. The second-order valence-corrected chi connectivity index (χ2v) is 8.57. The van der Waals surface area contributed by atoms with Crippen LogP contribution in [0.5, 0.6) is 0 Å². The van der Waals surface area contributed by atoms with E-state index in [1.807, 2.05) is 53.4 Å². The fraction of sp³-hybridized carbons (Fsp3) is 0.0370. The SMILES string of the molecule is Cc1c(C#N)c(C#N)cc2c(N3c4ccccc4Sc4ccccc43)c(C#N)c(C#N)cc12. The molecule has 1 heterocycles. The number of hydrogen-bond donors (Lipinski definition) is 0. The summed E-state index contributed by atoms with van der Waals surface area (Å²) in [7, 11) is 0. The minimum atomic E-state index is 0.227. The minimum absolute atomic E-state index is 0.227. The maximum atomic E-state index is 10.2. The number of nitriles is 4. The Labute approximate surface area is 194 Å². The van der Waals surface area contributed by atoms with Crippen molar-refractivity contribution in [2.24, 2.45) is 0 Å². The Kier molecular flexibility index (Phi) is 4.73. The molecule has 4 aromatic carbocycles. The van der Waals surface area contributed by atoms with Crippen molar-refractivity contribution in [1.29, 1.82) is 21.0 Å². The molecular weight excluding hydrogens is 426 g/mol. The van der Waals surface area contributed by atoms with Gasteiger partial charge in [-0.05, 0) is 54.3 Å². The number of rotatable bonds is 1. The van der Waals surface area contributed by atoms with Crippen LogP contribution in [0.25, 0.3) is 10.8 Å². The molecule has 6 heteroatoms. The highest BCUT2D eigenvalue weighted by Crippen LogP contribution is 2.53. The Morgan fingerprint density at radius 2 is 1.18 bits per heavy atom. The highest BCUT2D eigenvalue weighted by atomic mass is 32.2. The van der Waals surface area contributed by atoms with Crippen molar-refractivity contribution in [3.8, 4) is 24.3 Å². The first-order valence-corrected chi connectivity index (χ1v) is 10.8. The molecule has 0 bridgehead atoms. The summed E-state index contributed by atoms with van der Waals surface area (Å²) in [5.74, 6) is 0. The number of fused-ring (bicyclic) bond motifs is 3. The van der Waals surface area contributed by atoms with Gasteiger partial charge in [-0.15, -0.1) is 0 Å². The molecule has 0 atom stereocenters. The topological polar surface area (TPSA) is 98.4 Å². The van der Waals surface area contributed by atoms with Crippen molar-refractivity contribution < 1.29 is 0 Å². The average Bonchev–Trinajstić information content (AvgIpc) is 2.86. The highest BCUT2D eigenvalue weighted by Gasteiger charge is 2.29. The van der Waals surface area contributed by atoms with Gasteiger partial charge < -0.3 is 4.90 Å². The third kappa shape index (κ3) is 2.91. The van der Waals surface area contributed by atoms with Crippen LogP contribution in [-0.4, -0.2) is 0 Å². The Hall–Kier alpha value is -4.75. The van der Waals surface area contributed by atoms with Crippen molar-refractivity contribution in [1.82, 2.24) is 0 Å². The van der Waals surface area contributed by atoms with Gasteiger partial charge in [0.2, 0.25) is 0 Å². The molecule has 0 saturated heterocycles. The lowest BCUT2D eigenvalue weighted by Gasteiger charge is -2.34. The zero-order valence-corrected chi connectivity index (χ0v) is 18.2. The van der Waals surface area contributed by atoms with E-state index in [2.05, 4.69) is 24.3 Å². The molecule has 0 aromatic heterocycles. The van der Waals surface area contributed by atoms with E-state index in [-0.39, 0.29) is 22.3 Å². The van der Waals surface area contributed by atoms with Gasteiger partial charge in [-0.2, -0.15) is 21.0 Å². The van der Waals surface area contributed by atoms with Crippen molar-refractivity contribution in [3.05, 3.63) is 88.5 Å². The second-order valence-electron chi connectivity index (χ2n) is 7.49. The number of para-hydroxylation sites is 2. The molecule has 0 aliphatic carbocycles. The molecule has 1 aliphatic heterocycles. The Bertz CT molecular complexity index is 1610. The molecule has 33 heavy (non-hydrogen) atoms. The van der Waals surface area contributed by atoms with Crippen LogP contribution >= 0.6 is 11.8 Å². The maximum Gasteiger partial charge on any atom is 0.103 e. The Morgan fingerprint density at radius 1 is 0.667 bits per heavy atom. The Morgan fingerprint density at radius 3 is 1.73 bits per heavy atom. The fourth-order valence-electron chi connectivity index (χ4n) is 4.30. The zero-order valence-electron chi connectivity index (χ0n) is 17.4. The first-order chi connectivity index (χ1) is 16.1. The molecular formula is C27H13N5S. The third-order valence-corrected chi connectivity index (χ3v) is 6.93. The van der Waals surface area contributed by atoms with E-state index in [4.69, 9.17) is 0 Å². The van der Waals surface area contributed by atoms with Crippen molar-refractivity contribution >= 4 is 39.6 Å². The lowest BCUT2D eigenvalue weighted by Crippen LogP contribution is -2.17. The molecule has 0 N–H and O–H groups in total. The van der Waals surface area contributed by atoms with Crippen molar-refractivity contribution in [2.75, 3.05) is 4.90 Å². The smallest absolute Gasteiger partial charge is 0.103 e. The summed E-state index contributed by atoms with van der Waals surface area (Å²) in [5, 5.41) is 40.8. The van der Waals surface area contributed by atoms with E-state index in [9.17, 15) is 21.0 Å². The standard InChI is InChI=1S/C27H13N5S/c1-16-19-10-18(13-29)22(15-31)27(20(19)11-17(12-28)21(16)14-30)32-23-6-2-4-8-25(23)33-26-9-5-3-7-24(26)32/h2-11H,1H3. The van der Waals surface area contributed by atoms with Gasteiger partial charge in [0.1, 0.15) is 24.3 Å². The third-order valence-electron chi connectivity index (χ3n) is 5.80. The van der Waals surface area contributed by atoms with Crippen LogP contribution in [0.4, 0.5) is 17.1 Å². The average molecular weight is 440 g/mol. The summed E-state index contributed by atoms with van der Waals surface area (Å²) in [6, 6.07) is 27.7. The van der Waals surface area contributed by atoms with Gasteiger partial charge in [0.25, 0.3) is 0 Å². The van der Waals surface area contributed by atoms with Crippen LogP contribution in [-0.2, 0) is 0 Å². The number of aryl methyl sites for hydroxylation is 1. The van der Waals surface area contributed by atoms with Crippen LogP contribution in [0.3, 0.4) is 0 Å². The van der Waals surface area contributed by atoms with Gasteiger partial charge in [-0.1, -0.05) is 36.0 Å². The molecule has 152 valence electrons. The normalized spacial score (nSPS) is 11.5. The van der Waals surface area contributed by atoms with Gasteiger partial charge >= 0.3 is 0 Å². The summed E-state index contributed by atoms with van der Waals surface area (Å²) in [4.78, 5) is 4.03. The van der Waals surface area contributed by atoms with E-state index < -0.39 is 0 Å². The Balaban J connectivity index is 2.01.